The molecule has 0 aromatic heterocycles. The summed E-state index contributed by atoms with van der Waals surface area (Å²) in [6, 6.07) is 4.46. The van der Waals surface area contributed by atoms with Gasteiger partial charge >= 0.3 is 5.97 Å². The number of aliphatic carboxylic acids is 1. The summed E-state index contributed by atoms with van der Waals surface area (Å²) in [6.45, 7) is 2.99. The molecule has 0 radical (unpaired) electrons. The summed E-state index contributed by atoms with van der Waals surface area (Å²) < 4.78 is 4.25. The van der Waals surface area contributed by atoms with Gasteiger partial charge in [-0.05, 0) is 32.0 Å². The van der Waals surface area contributed by atoms with E-state index in [1.54, 1.807) is 13.8 Å². The van der Waals surface area contributed by atoms with Crippen molar-refractivity contribution in [2.75, 3.05) is 6.61 Å². The lowest BCUT2D eigenvalue weighted by atomic mass is 10.0. The van der Waals surface area contributed by atoms with E-state index in [0.29, 0.717) is 11.3 Å². The van der Waals surface area contributed by atoms with E-state index in [-0.39, 0.29) is 10.8 Å². The van der Waals surface area contributed by atoms with Gasteiger partial charge < -0.3 is 9.84 Å². The molecule has 0 saturated carbocycles. The van der Waals surface area contributed by atoms with Crippen LogP contribution in [0.3, 0.4) is 0 Å². The number of halogens is 2. The summed E-state index contributed by atoms with van der Waals surface area (Å²) in [4.78, 5) is 22.3. The molecule has 0 atom stereocenters. The van der Waals surface area contributed by atoms with Crippen LogP contribution in [0.15, 0.2) is 18.2 Å². The number of ether oxygens (including phenoxy) is 1. The van der Waals surface area contributed by atoms with Crippen LogP contribution in [-0.4, -0.2) is 27.8 Å². The Balaban J connectivity index is 2.93. The lowest BCUT2D eigenvalue weighted by Gasteiger charge is -2.16. The smallest absolute Gasteiger partial charge is 0.341 e. The second-order valence-electron chi connectivity index (χ2n) is 4.13. The molecule has 98 valence electrons. The molecule has 1 aromatic carbocycles. The lowest BCUT2D eigenvalue weighted by molar-refractivity contribution is -0.139. The highest BCUT2D eigenvalue weighted by atomic mass is 79.9. The van der Waals surface area contributed by atoms with Gasteiger partial charge in [-0.15, -0.1) is 0 Å². The van der Waals surface area contributed by atoms with Gasteiger partial charge in [-0.3, -0.25) is 4.79 Å². The molecule has 0 aliphatic rings. The van der Waals surface area contributed by atoms with Crippen LogP contribution in [0.1, 0.15) is 24.2 Å². The average Bonchev–Trinajstić information content (AvgIpc) is 2.24. The van der Waals surface area contributed by atoms with Crippen molar-refractivity contribution in [2.24, 2.45) is 0 Å². The first kappa shape index (κ1) is 15.0. The molecule has 1 aromatic rings. The van der Waals surface area contributed by atoms with E-state index in [4.69, 9.17) is 21.4 Å². The van der Waals surface area contributed by atoms with E-state index >= 15 is 0 Å². The second kappa shape index (κ2) is 5.71. The minimum Gasteiger partial charge on any atom is -0.482 e. The molecule has 0 spiro atoms. The second-order valence-corrected chi connectivity index (χ2v) is 6.52. The van der Waals surface area contributed by atoms with E-state index in [0.717, 1.165) is 0 Å². The van der Waals surface area contributed by atoms with Gasteiger partial charge in [0.2, 0.25) is 0 Å². The van der Waals surface area contributed by atoms with Crippen LogP contribution in [0.4, 0.5) is 0 Å². The maximum atomic E-state index is 12.0. The quantitative estimate of drug-likeness (QED) is 0.663. The van der Waals surface area contributed by atoms with E-state index in [1.807, 2.05) is 0 Å². The molecule has 0 fully saturated rings. The number of rotatable bonds is 5. The first-order valence-electron chi connectivity index (χ1n) is 5.09. The Kier molecular flexibility index (Phi) is 4.76. The van der Waals surface area contributed by atoms with Crippen LogP contribution in [0, 0.1) is 0 Å². The van der Waals surface area contributed by atoms with Crippen molar-refractivity contribution >= 4 is 39.3 Å². The number of benzene rings is 1. The van der Waals surface area contributed by atoms with E-state index in [1.165, 1.54) is 18.2 Å². The fraction of sp³-hybridized carbons (Fsp3) is 0.333. The van der Waals surface area contributed by atoms with E-state index in [2.05, 4.69) is 15.9 Å². The van der Waals surface area contributed by atoms with Gasteiger partial charge in [0, 0.05) is 5.56 Å². The predicted molar refractivity (Wildman–Crippen MR) is 71.9 cm³/mol. The molecule has 1 rings (SSSR count). The highest BCUT2D eigenvalue weighted by Crippen LogP contribution is 2.29. The Morgan fingerprint density at radius 2 is 2.06 bits per heavy atom. The molecule has 1 N–H and O–H groups in total. The fourth-order valence-electron chi connectivity index (χ4n) is 1.24. The SMILES string of the molecule is CC(C)(Br)C(=O)c1ccc(OCC(=O)O)cc1Cl. The van der Waals surface area contributed by atoms with Crippen molar-refractivity contribution < 1.29 is 19.4 Å². The van der Waals surface area contributed by atoms with Crippen LogP contribution in [-0.2, 0) is 4.79 Å². The van der Waals surface area contributed by atoms with Crippen molar-refractivity contribution in [1.82, 2.24) is 0 Å². The predicted octanol–water partition coefficient (Wildman–Crippen LogP) is 3.16. The number of hydrogen-bond donors (Lipinski definition) is 1. The first-order valence-corrected chi connectivity index (χ1v) is 6.27. The van der Waals surface area contributed by atoms with Crippen LogP contribution in [0.25, 0.3) is 0 Å². The Bertz CT molecular complexity index is 479. The van der Waals surface area contributed by atoms with Gasteiger partial charge in [0.25, 0.3) is 0 Å². The van der Waals surface area contributed by atoms with Gasteiger partial charge in [-0.2, -0.15) is 0 Å². The molecule has 0 saturated heterocycles. The zero-order chi connectivity index (χ0) is 13.9. The molecule has 4 nitrogen and oxygen atoms in total. The number of carboxylic acids is 1. The number of Topliss-reactive ketones (excluding diaryl/α,β-unsaturated/α-hetero) is 1. The number of carbonyl (C=O) groups excluding carboxylic acids is 1. The maximum Gasteiger partial charge on any atom is 0.341 e. The zero-order valence-corrected chi connectivity index (χ0v) is 12.2. The molecule has 0 heterocycles. The lowest BCUT2D eigenvalue weighted by Crippen LogP contribution is -2.24. The summed E-state index contributed by atoms with van der Waals surface area (Å²) in [7, 11) is 0. The van der Waals surface area contributed by atoms with Crippen molar-refractivity contribution in [3.05, 3.63) is 28.8 Å². The van der Waals surface area contributed by atoms with Crippen LogP contribution in [0.2, 0.25) is 5.02 Å². The Morgan fingerprint density at radius 1 is 1.44 bits per heavy atom. The van der Waals surface area contributed by atoms with Gasteiger partial charge in [0.05, 0.1) is 9.35 Å². The summed E-state index contributed by atoms with van der Waals surface area (Å²) in [5.41, 5.74) is 0.362. The number of carbonyl (C=O) groups is 2. The number of hydrogen-bond acceptors (Lipinski definition) is 3. The number of ketones is 1. The molecule has 18 heavy (non-hydrogen) atoms. The minimum absolute atomic E-state index is 0.155. The summed E-state index contributed by atoms with van der Waals surface area (Å²) in [5, 5.41) is 8.71. The largest absolute Gasteiger partial charge is 0.482 e. The summed E-state index contributed by atoms with van der Waals surface area (Å²) in [6.07, 6.45) is 0. The van der Waals surface area contributed by atoms with Gasteiger partial charge in [0.1, 0.15) is 5.75 Å². The van der Waals surface area contributed by atoms with Crippen LogP contribution >= 0.6 is 27.5 Å². The Labute approximate surface area is 118 Å². The summed E-state index contributed by atoms with van der Waals surface area (Å²) in [5.74, 6) is -0.920. The topological polar surface area (TPSA) is 63.6 Å². The number of alkyl halides is 1. The first-order chi connectivity index (χ1) is 8.21. The third kappa shape index (κ3) is 3.99. The molecule has 0 aliphatic carbocycles. The minimum atomic E-state index is -1.08. The number of carboxylic acid groups (broad SMARTS) is 1. The third-order valence-corrected chi connectivity index (χ3v) is 2.76. The van der Waals surface area contributed by atoms with Crippen molar-refractivity contribution in [2.45, 2.75) is 18.2 Å². The normalized spacial score (nSPS) is 11.1. The molecular weight excluding hydrogens is 323 g/mol. The Hall–Kier alpha value is -1.07. The van der Waals surface area contributed by atoms with Gasteiger partial charge in [0.15, 0.2) is 12.4 Å². The van der Waals surface area contributed by atoms with Crippen molar-refractivity contribution in [1.29, 1.82) is 0 Å². The van der Waals surface area contributed by atoms with E-state index < -0.39 is 16.9 Å². The van der Waals surface area contributed by atoms with Crippen molar-refractivity contribution in [3.63, 3.8) is 0 Å². The molecular formula is C12H12BrClO4. The third-order valence-electron chi connectivity index (χ3n) is 2.09. The van der Waals surface area contributed by atoms with Crippen LogP contribution < -0.4 is 4.74 Å². The molecule has 0 amide bonds. The monoisotopic (exact) mass is 334 g/mol. The molecule has 0 aliphatic heterocycles. The highest BCUT2D eigenvalue weighted by Gasteiger charge is 2.26. The van der Waals surface area contributed by atoms with Crippen molar-refractivity contribution in [3.8, 4) is 5.75 Å². The zero-order valence-electron chi connectivity index (χ0n) is 9.87. The van der Waals surface area contributed by atoms with Crippen LogP contribution in [0.5, 0.6) is 5.75 Å². The standard InChI is InChI=1S/C12H12BrClO4/c1-12(2,13)11(17)8-4-3-7(5-9(8)14)18-6-10(15)16/h3-5H,6H2,1-2H3,(H,15,16). The Morgan fingerprint density at radius 3 is 2.50 bits per heavy atom. The highest BCUT2D eigenvalue weighted by molar-refractivity contribution is 9.10. The average molecular weight is 336 g/mol. The maximum absolute atomic E-state index is 12.0. The fourth-order valence-corrected chi connectivity index (χ4v) is 1.71. The van der Waals surface area contributed by atoms with E-state index in [9.17, 15) is 9.59 Å². The molecule has 0 unspecified atom stereocenters. The summed E-state index contributed by atoms with van der Waals surface area (Å²) >= 11 is 9.24. The molecule has 6 heteroatoms. The van der Waals surface area contributed by atoms with Gasteiger partial charge in [-0.25, -0.2) is 4.79 Å². The van der Waals surface area contributed by atoms with Gasteiger partial charge in [-0.1, -0.05) is 27.5 Å². The molecule has 0 bridgehead atoms.